The zero-order chi connectivity index (χ0) is 9.78. The second-order valence-corrected chi connectivity index (χ2v) is 3.01. The van der Waals surface area contributed by atoms with Crippen molar-refractivity contribution < 1.29 is 9.47 Å². The van der Waals surface area contributed by atoms with Crippen molar-refractivity contribution in [2.45, 2.75) is 32.6 Å². The van der Waals surface area contributed by atoms with Crippen LogP contribution in [0.25, 0.3) is 0 Å². The maximum atomic E-state index is 5.38. The summed E-state index contributed by atoms with van der Waals surface area (Å²) in [5, 5.41) is 0. The fourth-order valence-corrected chi connectivity index (χ4v) is 1.07. The normalized spacial score (nSPS) is 10.6. The molecule has 0 saturated heterocycles. The Bertz CT molecular complexity index is 79.0. The van der Waals surface area contributed by atoms with E-state index in [9.17, 15) is 0 Å². The van der Waals surface area contributed by atoms with Crippen molar-refractivity contribution in [3.05, 3.63) is 0 Å². The molecule has 0 spiro atoms. The molecule has 0 aliphatic heterocycles. The summed E-state index contributed by atoms with van der Waals surface area (Å²) >= 11 is 0. The van der Waals surface area contributed by atoms with Crippen LogP contribution in [-0.4, -0.2) is 33.0 Å². The Morgan fingerprint density at radius 3 is 2.23 bits per heavy atom. The van der Waals surface area contributed by atoms with Crippen LogP contribution in [0.3, 0.4) is 0 Å². The quantitative estimate of drug-likeness (QED) is 0.530. The molecule has 3 nitrogen and oxygen atoms in total. The molecule has 0 aromatic carbocycles. The van der Waals surface area contributed by atoms with E-state index in [2.05, 4.69) is 0 Å². The first kappa shape index (κ1) is 12.9. The maximum absolute atomic E-state index is 5.38. The van der Waals surface area contributed by atoms with Gasteiger partial charge in [0, 0.05) is 13.2 Å². The first-order chi connectivity index (χ1) is 6.41. The topological polar surface area (TPSA) is 44.5 Å². The molecule has 0 aromatic heterocycles. The molecule has 0 aromatic rings. The number of hydrogen-bond donors (Lipinski definition) is 1. The van der Waals surface area contributed by atoms with E-state index in [1.165, 1.54) is 12.8 Å². The van der Waals surface area contributed by atoms with Gasteiger partial charge in [-0.25, -0.2) is 0 Å². The van der Waals surface area contributed by atoms with Crippen molar-refractivity contribution in [2.24, 2.45) is 5.73 Å². The SMILES string of the molecule is CCOCCOCCCCCCN. The van der Waals surface area contributed by atoms with E-state index in [-0.39, 0.29) is 0 Å². The zero-order valence-corrected chi connectivity index (χ0v) is 8.76. The van der Waals surface area contributed by atoms with Crippen molar-refractivity contribution >= 4 is 0 Å². The second-order valence-electron chi connectivity index (χ2n) is 3.01. The highest BCUT2D eigenvalue weighted by Gasteiger charge is 1.90. The van der Waals surface area contributed by atoms with Crippen LogP contribution in [0.4, 0.5) is 0 Å². The third-order valence-electron chi connectivity index (χ3n) is 1.82. The summed E-state index contributed by atoms with van der Waals surface area (Å²) in [6.07, 6.45) is 4.74. The van der Waals surface area contributed by atoms with Gasteiger partial charge in [0.15, 0.2) is 0 Å². The van der Waals surface area contributed by atoms with Gasteiger partial charge in [-0.1, -0.05) is 12.8 Å². The van der Waals surface area contributed by atoms with E-state index in [0.29, 0.717) is 0 Å². The van der Waals surface area contributed by atoms with Gasteiger partial charge in [0.2, 0.25) is 0 Å². The molecular formula is C10H23NO2. The Hall–Kier alpha value is -0.120. The van der Waals surface area contributed by atoms with E-state index in [4.69, 9.17) is 15.2 Å². The summed E-state index contributed by atoms with van der Waals surface area (Å²) < 4.78 is 10.5. The van der Waals surface area contributed by atoms with Gasteiger partial charge < -0.3 is 15.2 Å². The highest BCUT2D eigenvalue weighted by atomic mass is 16.5. The van der Waals surface area contributed by atoms with E-state index < -0.39 is 0 Å². The molecular weight excluding hydrogens is 166 g/mol. The van der Waals surface area contributed by atoms with Crippen molar-refractivity contribution in [3.63, 3.8) is 0 Å². The predicted molar refractivity (Wildman–Crippen MR) is 54.8 cm³/mol. The molecule has 0 rings (SSSR count). The summed E-state index contributed by atoms with van der Waals surface area (Å²) in [5.74, 6) is 0. The number of hydrogen-bond acceptors (Lipinski definition) is 3. The minimum Gasteiger partial charge on any atom is -0.379 e. The average molecular weight is 189 g/mol. The molecule has 0 aliphatic carbocycles. The Morgan fingerprint density at radius 1 is 0.846 bits per heavy atom. The molecule has 0 amide bonds. The maximum Gasteiger partial charge on any atom is 0.0700 e. The minimum atomic E-state index is 0.722. The number of unbranched alkanes of at least 4 members (excludes halogenated alkanes) is 3. The molecule has 0 aliphatic rings. The third-order valence-corrected chi connectivity index (χ3v) is 1.82. The predicted octanol–water partition coefficient (Wildman–Crippen LogP) is 1.56. The molecule has 2 N–H and O–H groups in total. The van der Waals surface area contributed by atoms with Gasteiger partial charge in [-0.3, -0.25) is 0 Å². The van der Waals surface area contributed by atoms with Gasteiger partial charge >= 0.3 is 0 Å². The lowest BCUT2D eigenvalue weighted by Gasteiger charge is -2.03. The van der Waals surface area contributed by atoms with Crippen molar-refractivity contribution in [1.29, 1.82) is 0 Å². The molecule has 0 bridgehead atoms. The number of rotatable bonds is 10. The molecule has 0 saturated carbocycles. The minimum absolute atomic E-state index is 0.722. The van der Waals surface area contributed by atoms with Gasteiger partial charge in [0.1, 0.15) is 0 Å². The van der Waals surface area contributed by atoms with Crippen LogP contribution < -0.4 is 5.73 Å². The van der Waals surface area contributed by atoms with E-state index >= 15 is 0 Å². The lowest BCUT2D eigenvalue weighted by molar-refractivity contribution is 0.0513. The zero-order valence-electron chi connectivity index (χ0n) is 8.76. The molecule has 0 heterocycles. The molecule has 80 valence electrons. The Kier molecular flexibility index (Phi) is 11.8. The third kappa shape index (κ3) is 11.9. The number of ether oxygens (including phenoxy) is 2. The summed E-state index contributed by atoms with van der Waals surface area (Å²) in [6, 6.07) is 0. The Balaban J connectivity index is 2.76. The van der Waals surface area contributed by atoms with Crippen LogP contribution in [0.2, 0.25) is 0 Å². The van der Waals surface area contributed by atoms with Crippen molar-refractivity contribution in [1.82, 2.24) is 0 Å². The summed E-state index contributed by atoms with van der Waals surface area (Å²) in [5.41, 5.74) is 5.38. The number of nitrogens with two attached hydrogens (primary N) is 1. The molecule has 0 atom stereocenters. The Labute approximate surface area is 81.6 Å². The van der Waals surface area contributed by atoms with Crippen LogP contribution in [-0.2, 0) is 9.47 Å². The highest BCUT2D eigenvalue weighted by Crippen LogP contribution is 1.98. The average Bonchev–Trinajstić information content (AvgIpc) is 2.16. The smallest absolute Gasteiger partial charge is 0.0700 e. The highest BCUT2D eigenvalue weighted by molar-refractivity contribution is 4.43. The summed E-state index contributed by atoms with van der Waals surface area (Å²) in [6.45, 7) is 5.89. The fourth-order valence-electron chi connectivity index (χ4n) is 1.07. The van der Waals surface area contributed by atoms with Crippen molar-refractivity contribution in [3.8, 4) is 0 Å². The fraction of sp³-hybridized carbons (Fsp3) is 1.00. The van der Waals surface area contributed by atoms with Gasteiger partial charge in [-0.05, 0) is 26.3 Å². The van der Waals surface area contributed by atoms with Crippen LogP contribution in [0.5, 0.6) is 0 Å². The lowest BCUT2D eigenvalue weighted by atomic mass is 10.2. The van der Waals surface area contributed by atoms with E-state index in [0.717, 1.165) is 45.8 Å². The van der Waals surface area contributed by atoms with Crippen LogP contribution in [0.1, 0.15) is 32.6 Å². The van der Waals surface area contributed by atoms with Crippen LogP contribution in [0, 0.1) is 0 Å². The van der Waals surface area contributed by atoms with Gasteiger partial charge in [0.25, 0.3) is 0 Å². The lowest BCUT2D eigenvalue weighted by Crippen LogP contribution is -2.05. The largest absolute Gasteiger partial charge is 0.379 e. The first-order valence-electron chi connectivity index (χ1n) is 5.27. The van der Waals surface area contributed by atoms with Crippen LogP contribution >= 0.6 is 0 Å². The van der Waals surface area contributed by atoms with Crippen LogP contribution in [0.15, 0.2) is 0 Å². The first-order valence-corrected chi connectivity index (χ1v) is 5.27. The van der Waals surface area contributed by atoms with E-state index in [1.54, 1.807) is 0 Å². The molecule has 3 heteroatoms. The van der Waals surface area contributed by atoms with E-state index in [1.807, 2.05) is 6.92 Å². The Morgan fingerprint density at radius 2 is 1.54 bits per heavy atom. The summed E-state index contributed by atoms with van der Waals surface area (Å²) in [7, 11) is 0. The van der Waals surface area contributed by atoms with Crippen molar-refractivity contribution in [2.75, 3.05) is 33.0 Å². The molecule has 0 radical (unpaired) electrons. The molecule has 13 heavy (non-hydrogen) atoms. The van der Waals surface area contributed by atoms with Gasteiger partial charge in [-0.15, -0.1) is 0 Å². The monoisotopic (exact) mass is 189 g/mol. The molecule has 0 fully saturated rings. The van der Waals surface area contributed by atoms with Gasteiger partial charge in [0.05, 0.1) is 13.2 Å². The second kappa shape index (κ2) is 11.9. The molecule has 0 unspecified atom stereocenters. The summed E-state index contributed by atoms with van der Waals surface area (Å²) in [4.78, 5) is 0. The van der Waals surface area contributed by atoms with Gasteiger partial charge in [-0.2, -0.15) is 0 Å². The standard InChI is InChI=1S/C10H23NO2/c1-2-12-9-10-13-8-6-4-3-5-7-11/h2-11H2,1H3.